The van der Waals surface area contributed by atoms with Gasteiger partial charge in [-0.1, -0.05) is 94.6 Å². The first kappa shape index (κ1) is 78.5. The number of aromatic nitrogens is 1. The molecule has 3 fully saturated rings. The summed E-state index contributed by atoms with van der Waals surface area (Å²) in [4.78, 5) is 82.4. The van der Waals surface area contributed by atoms with Crippen molar-refractivity contribution in [2.75, 3.05) is 88.0 Å². The van der Waals surface area contributed by atoms with E-state index >= 15 is 0 Å². The van der Waals surface area contributed by atoms with Crippen LogP contribution in [0, 0.1) is 10.8 Å². The number of unbranched alkanes of at least 4 members (excludes halogenated alkanes) is 2. The standard InChI is InChI=1S/C76H92ClF3N10O11S4/c1-74(2,3)70(73(96)90-46-57(91)41-64(90)72(95)81-44-50-16-26-61-65(40-50)101-47-63-69(61)103-49-82-63)84-67(92)14-10-7-11-15-68(93)89-38-32-86(33-39-89)31-29-55(48-102-58-12-8-6-9-13-58)83-62-27-25-59(42-66(62)104(97,98)76(78,79)80)105(99,100)85-71(94)52-19-23-56(24-20-52)88-36-34-87(35-37-88)45-53-43-75(4,5)30-28-60(53)51-17-21-54(77)22-18-51/h6,8-9,12-13,16-27,40,42,49,55,57,64,70,83,91H,7,10-11,14-15,28-39,41,43-48H2,1-5H3,(H,81,95)(H,84,92)(H,85,94)/t55-,57-,64+,70-/m1/s1. The van der Waals surface area contributed by atoms with Gasteiger partial charge in [-0.05, 0) is 145 Å². The molecule has 5 aromatic carbocycles. The van der Waals surface area contributed by atoms with Crippen molar-refractivity contribution < 1.29 is 63.8 Å². The van der Waals surface area contributed by atoms with Gasteiger partial charge in [-0.2, -0.15) is 13.2 Å². The lowest BCUT2D eigenvalue weighted by molar-refractivity contribution is -0.144. The molecule has 1 aromatic heterocycles. The minimum atomic E-state index is -6.19. The molecule has 0 radical (unpaired) electrons. The summed E-state index contributed by atoms with van der Waals surface area (Å²) in [5.74, 6) is -1.45. The quantitative estimate of drug-likeness (QED) is 0.0237. The number of aliphatic hydroxyl groups excluding tert-OH is 1. The maximum atomic E-state index is 14.6. The van der Waals surface area contributed by atoms with E-state index in [1.165, 1.54) is 56.8 Å². The molecule has 105 heavy (non-hydrogen) atoms. The molecule has 0 unspecified atom stereocenters. The molecule has 6 aromatic rings. The van der Waals surface area contributed by atoms with Crippen LogP contribution in [0.1, 0.15) is 126 Å². The lowest BCUT2D eigenvalue weighted by Gasteiger charge is -2.39. The van der Waals surface area contributed by atoms with Crippen LogP contribution in [0.4, 0.5) is 24.5 Å². The number of amides is 5. The summed E-state index contributed by atoms with van der Waals surface area (Å²) in [5, 5.41) is 20.3. The number of rotatable bonds is 27. The Hall–Kier alpha value is -7.57. The molecule has 1 aliphatic carbocycles. The van der Waals surface area contributed by atoms with Crippen molar-refractivity contribution >= 4 is 101 Å². The summed E-state index contributed by atoms with van der Waals surface area (Å²) in [6, 6.07) is 29.0. The Morgan fingerprint density at radius 3 is 2.24 bits per heavy atom. The van der Waals surface area contributed by atoms with Gasteiger partial charge in [-0.15, -0.1) is 23.1 Å². The number of thioether (sulfide) groups is 1. The molecule has 3 saturated heterocycles. The smallest absolute Gasteiger partial charge is 0.487 e. The third-order valence-electron chi connectivity index (χ3n) is 20.1. The Balaban J connectivity index is 0.641. The average Bonchev–Trinajstić information content (AvgIpc) is 1.46. The molecule has 11 rings (SSSR count). The molecule has 0 saturated carbocycles. The highest BCUT2D eigenvalue weighted by Crippen LogP contribution is 2.44. The van der Waals surface area contributed by atoms with E-state index in [9.17, 15) is 59.1 Å². The fourth-order valence-corrected chi connectivity index (χ4v) is 18.1. The summed E-state index contributed by atoms with van der Waals surface area (Å²) in [5.41, 5.74) is 2.27. The zero-order chi connectivity index (χ0) is 75.0. The van der Waals surface area contributed by atoms with Gasteiger partial charge in [-0.3, -0.25) is 33.8 Å². The number of likely N-dealkylation sites (tertiary alicyclic amines) is 1. The van der Waals surface area contributed by atoms with Crippen LogP contribution in [0.2, 0.25) is 5.02 Å². The molecular weight excluding hydrogens is 1450 g/mol. The third kappa shape index (κ3) is 20.0. The van der Waals surface area contributed by atoms with E-state index in [1.807, 2.05) is 86.2 Å². The van der Waals surface area contributed by atoms with Gasteiger partial charge < -0.3 is 40.5 Å². The van der Waals surface area contributed by atoms with Gasteiger partial charge in [0.15, 0.2) is 0 Å². The fourth-order valence-electron chi connectivity index (χ4n) is 14.2. The molecule has 4 aliphatic heterocycles. The Labute approximate surface area is 626 Å². The number of nitrogens with zero attached hydrogens (tertiary/aromatic N) is 6. The van der Waals surface area contributed by atoms with Gasteiger partial charge in [-0.25, -0.2) is 26.5 Å². The number of aliphatic hydroxyl groups is 1. The SMILES string of the molecule is CC1(C)CCC(c2ccc(Cl)cc2)=C(CN2CCN(c3ccc(C(=O)NS(=O)(=O)c4ccc(N[C@H](CCN5CCN(C(=O)CCCCCC(=O)N[C@H](C(=O)N6C[C@H](O)C[C@H]6C(=O)NCc6ccc7c(c6)OCc6ncsc6-7)C(C)(C)C)CC5)CSc5ccccc5)c(S(=O)(=O)C(F)(F)F)c4)cc3)CC2)C1. The lowest BCUT2D eigenvalue weighted by Crippen LogP contribution is -2.57. The normalized spacial score (nSPS) is 18.7. The van der Waals surface area contributed by atoms with Crippen molar-refractivity contribution in [3.63, 3.8) is 0 Å². The fraction of sp³-hybridized carbons (Fsp3) is 0.474. The minimum absolute atomic E-state index is 0.0386. The minimum Gasteiger partial charge on any atom is -0.487 e. The topological polar surface area (TPSA) is 260 Å². The predicted molar refractivity (Wildman–Crippen MR) is 402 cm³/mol. The van der Waals surface area contributed by atoms with Gasteiger partial charge >= 0.3 is 5.51 Å². The molecule has 4 atom stereocenters. The number of allylic oxidation sites excluding steroid dienone is 1. The molecule has 29 heteroatoms. The first-order valence-electron chi connectivity index (χ1n) is 35.6. The van der Waals surface area contributed by atoms with Crippen LogP contribution in [0.5, 0.6) is 5.75 Å². The van der Waals surface area contributed by atoms with Crippen LogP contribution in [-0.4, -0.2) is 184 Å². The zero-order valence-electron chi connectivity index (χ0n) is 59.7. The number of carbonyl (C=O) groups is 5. The molecule has 5 N–H and O–H groups in total. The summed E-state index contributed by atoms with van der Waals surface area (Å²) in [6.45, 7) is 16.5. The van der Waals surface area contributed by atoms with E-state index in [2.05, 4.69) is 61.6 Å². The third-order valence-corrected chi connectivity index (χ3v) is 25.3. The van der Waals surface area contributed by atoms with Gasteiger partial charge in [0.25, 0.3) is 25.8 Å². The van der Waals surface area contributed by atoms with Crippen molar-refractivity contribution in [2.45, 2.75) is 156 Å². The monoisotopic (exact) mass is 1540 g/mol. The number of sulfonamides is 1. The number of hydrogen-bond donors (Lipinski definition) is 5. The first-order valence-corrected chi connectivity index (χ1v) is 40.8. The number of carbonyl (C=O) groups excluding carboxylic acids is 5. The van der Waals surface area contributed by atoms with Crippen molar-refractivity contribution in [2.24, 2.45) is 10.8 Å². The van der Waals surface area contributed by atoms with E-state index in [4.69, 9.17) is 16.3 Å². The van der Waals surface area contributed by atoms with Crippen LogP contribution in [0.3, 0.4) is 0 Å². The summed E-state index contributed by atoms with van der Waals surface area (Å²) in [6.07, 6.45) is 4.30. The number of nitrogens with one attached hydrogen (secondary N) is 4. The number of thiazole rings is 1. The van der Waals surface area contributed by atoms with Crippen LogP contribution >= 0.6 is 34.7 Å². The van der Waals surface area contributed by atoms with Crippen LogP contribution in [-0.2, 0) is 52.2 Å². The molecule has 564 valence electrons. The number of β-amino-alcohol motifs (C(OH)–C–C–N with tert-alkyl or cyclic N) is 1. The van der Waals surface area contributed by atoms with Crippen molar-refractivity contribution in [3.05, 3.63) is 154 Å². The van der Waals surface area contributed by atoms with E-state index in [-0.39, 0.29) is 60.9 Å². The first-order chi connectivity index (χ1) is 49.9. The van der Waals surface area contributed by atoms with E-state index < -0.39 is 88.2 Å². The number of halogens is 4. The number of hydrogen-bond acceptors (Lipinski definition) is 18. The number of alkyl halides is 3. The number of sulfone groups is 1. The van der Waals surface area contributed by atoms with Crippen LogP contribution in [0.15, 0.2) is 141 Å². The molecule has 5 heterocycles. The van der Waals surface area contributed by atoms with Crippen molar-refractivity contribution in [1.29, 1.82) is 0 Å². The highest BCUT2D eigenvalue weighted by molar-refractivity contribution is 7.99. The lowest BCUT2D eigenvalue weighted by atomic mass is 9.73. The van der Waals surface area contributed by atoms with E-state index in [0.717, 1.165) is 83.3 Å². The average molecular weight is 1540 g/mol. The van der Waals surface area contributed by atoms with Crippen molar-refractivity contribution in [3.8, 4) is 16.2 Å². The van der Waals surface area contributed by atoms with E-state index in [0.29, 0.717) is 94.9 Å². The summed E-state index contributed by atoms with van der Waals surface area (Å²) >= 11 is 9.15. The summed E-state index contributed by atoms with van der Waals surface area (Å²) < 4.78 is 106. The van der Waals surface area contributed by atoms with Gasteiger partial charge in [0.2, 0.25) is 23.6 Å². The maximum absolute atomic E-state index is 14.6. The van der Waals surface area contributed by atoms with E-state index in [1.54, 1.807) is 22.5 Å². The molecule has 5 aliphatic rings. The van der Waals surface area contributed by atoms with Crippen LogP contribution < -0.4 is 30.3 Å². The van der Waals surface area contributed by atoms with Gasteiger partial charge in [0.05, 0.1) is 32.8 Å². The number of piperazine rings is 2. The predicted octanol–water partition coefficient (Wildman–Crippen LogP) is 11.4. The largest absolute Gasteiger partial charge is 0.501 e. The Kier molecular flexibility index (Phi) is 25.2. The maximum Gasteiger partial charge on any atom is 0.501 e. The van der Waals surface area contributed by atoms with Gasteiger partial charge in [0.1, 0.15) is 29.3 Å². The van der Waals surface area contributed by atoms with Crippen molar-refractivity contribution in [1.82, 2.24) is 39.9 Å². The Morgan fingerprint density at radius 2 is 1.53 bits per heavy atom. The number of ether oxygens (including phenoxy) is 1. The zero-order valence-corrected chi connectivity index (χ0v) is 63.7. The molecule has 0 bridgehead atoms. The second-order valence-corrected chi connectivity index (χ2v) is 35.5. The highest BCUT2D eigenvalue weighted by Gasteiger charge is 2.49. The number of fused-ring (bicyclic) bond motifs is 3. The summed E-state index contributed by atoms with van der Waals surface area (Å²) in [7, 11) is -11.1. The van der Waals surface area contributed by atoms with Crippen LogP contribution in [0.25, 0.3) is 16.0 Å². The molecule has 0 spiro atoms. The number of anilines is 2. The Morgan fingerprint density at radius 1 is 0.829 bits per heavy atom. The number of benzene rings is 5. The molecule has 21 nitrogen and oxygen atoms in total. The highest BCUT2D eigenvalue weighted by atomic mass is 35.5. The molecular formula is C76H92ClF3N10O11S4. The second-order valence-electron chi connectivity index (χ2n) is 29.5. The molecule has 5 amide bonds. The second kappa shape index (κ2) is 33.7. The Bertz CT molecular complexity index is 4370. The van der Waals surface area contributed by atoms with Gasteiger partial charge in [0, 0.05) is 136 Å².